The molecule has 1 aromatic heterocycles. The Labute approximate surface area is 168 Å². The van der Waals surface area contributed by atoms with Gasteiger partial charge in [-0.05, 0) is 39.6 Å². The molecule has 1 N–H and O–H groups in total. The van der Waals surface area contributed by atoms with Gasteiger partial charge in [0, 0.05) is 5.56 Å². The summed E-state index contributed by atoms with van der Waals surface area (Å²) in [5.41, 5.74) is 5.26. The molecule has 4 aromatic carbocycles. The van der Waals surface area contributed by atoms with Gasteiger partial charge in [-0.3, -0.25) is 0 Å². The van der Waals surface area contributed by atoms with Crippen LogP contribution in [0.1, 0.15) is 0 Å². The van der Waals surface area contributed by atoms with E-state index in [1.165, 1.54) is 5.56 Å². The number of hydrogen-bond donors (Lipinski definition) is 1. The van der Waals surface area contributed by atoms with Crippen molar-refractivity contribution in [3.05, 3.63) is 114 Å². The maximum Gasteiger partial charge on any atom is 0.345 e. The van der Waals surface area contributed by atoms with E-state index in [9.17, 15) is 4.79 Å². The second-order valence-electron chi connectivity index (χ2n) is 6.99. The highest BCUT2D eigenvalue weighted by Gasteiger charge is 2.07. The van der Waals surface area contributed by atoms with Gasteiger partial charge in [-0.1, -0.05) is 91.0 Å². The summed E-state index contributed by atoms with van der Waals surface area (Å²) in [5.74, 6) is 0. The molecule has 0 unspecified atom stereocenters. The second-order valence-corrected chi connectivity index (χ2v) is 6.99. The van der Waals surface area contributed by atoms with E-state index in [4.69, 9.17) is 0 Å². The maximum atomic E-state index is 12.2. The Kier molecular flexibility index (Phi) is 4.26. The van der Waals surface area contributed by atoms with Crippen LogP contribution in [0.15, 0.2) is 108 Å². The van der Waals surface area contributed by atoms with Crippen LogP contribution in [-0.4, -0.2) is 9.97 Å². The fourth-order valence-electron chi connectivity index (χ4n) is 3.58. The number of aromatic nitrogens is 2. The van der Waals surface area contributed by atoms with E-state index >= 15 is 0 Å². The normalized spacial score (nSPS) is 10.9. The molecule has 0 atom stereocenters. The lowest BCUT2D eigenvalue weighted by Gasteiger charge is -2.08. The monoisotopic (exact) mass is 374 g/mol. The Morgan fingerprint density at radius 3 is 1.97 bits per heavy atom. The van der Waals surface area contributed by atoms with Gasteiger partial charge in [0.1, 0.15) is 0 Å². The number of benzene rings is 4. The molecule has 0 aliphatic rings. The van der Waals surface area contributed by atoms with Crippen LogP contribution < -0.4 is 5.69 Å². The van der Waals surface area contributed by atoms with Gasteiger partial charge in [-0.15, -0.1) is 0 Å². The van der Waals surface area contributed by atoms with Crippen LogP contribution in [-0.2, 0) is 0 Å². The van der Waals surface area contributed by atoms with Gasteiger partial charge in [0.25, 0.3) is 0 Å². The number of H-pyrrole nitrogens is 1. The zero-order valence-electron chi connectivity index (χ0n) is 15.7. The van der Waals surface area contributed by atoms with E-state index in [2.05, 4.69) is 58.5 Å². The molecule has 0 aliphatic heterocycles. The molecule has 0 fully saturated rings. The van der Waals surface area contributed by atoms with Crippen molar-refractivity contribution < 1.29 is 0 Å². The topological polar surface area (TPSA) is 45.8 Å². The van der Waals surface area contributed by atoms with Gasteiger partial charge in [-0.2, -0.15) is 4.98 Å². The van der Waals surface area contributed by atoms with Crippen LogP contribution in [0.4, 0.5) is 0 Å². The summed E-state index contributed by atoms with van der Waals surface area (Å²) in [7, 11) is 0. The van der Waals surface area contributed by atoms with Crippen molar-refractivity contribution in [2.24, 2.45) is 0 Å². The van der Waals surface area contributed by atoms with Gasteiger partial charge < -0.3 is 4.98 Å². The minimum absolute atomic E-state index is 0.349. The summed E-state index contributed by atoms with van der Waals surface area (Å²) in [6.07, 6.45) is 0. The van der Waals surface area contributed by atoms with E-state index < -0.39 is 0 Å². The first kappa shape index (κ1) is 17.1. The van der Waals surface area contributed by atoms with Crippen molar-refractivity contribution in [2.45, 2.75) is 0 Å². The molecular weight excluding hydrogens is 356 g/mol. The van der Waals surface area contributed by atoms with Crippen LogP contribution in [0.2, 0.25) is 0 Å². The van der Waals surface area contributed by atoms with E-state index in [0.29, 0.717) is 5.69 Å². The molecular formula is C26H18N2O. The number of aromatic amines is 1. The predicted molar refractivity (Wildman–Crippen MR) is 119 cm³/mol. The molecule has 138 valence electrons. The van der Waals surface area contributed by atoms with Crippen molar-refractivity contribution in [1.82, 2.24) is 9.97 Å². The fourth-order valence-corrected chi connectivity index (χ4v) is 3.58. The predicted octanol–water partition coefficient (Wildman–Crippen LogP) is 5.92. The number of nitrogens with zero attached hydrogens (tertiary/aromatic N) is 1. The summed E-state index contributed by atoms with van der Waals surface area (Å²) in [6, 6.07) is 34.7. The van der Waals surface area contributed by atoms with Gasteiger partial charge in [0.05, 0.1) is 11.4 Å². The average molecular weight is 374 g/mol. The van der Waals surface area contributed by atoms with Gasteiger partial charge >= 0.3 is 5.69 Å². The Morgan fingerprint density at radius 2 is 1.17 bits per heavy atom. The molecule has 0 radical (unpaired) electrons. The minimum atomic E-state index is -0.349. The third kappa shape index (κ3) is 3.46. The van der Waals surface area contributed by atoms with Crippen molar-refractivity contribution in [3.8, 4) is 33.6 Å². The molecule has 0 bridgehead atoms. The minimum Gasteiger partial charge on any atom is -0.305 e. The van der Waals surface area contributed by atoms with Crippen molar-refractivity contribution >= 4 is 10.8 Å². The molecule has 0 spiro atoms. The lowest BCUT2D eigenvalue weighted by atomic mass is 10.0. The van der Waals surface area contributed by atoms with Crippen LogP contribution in [0.5, 0.6) is 0 Å². The van der Waals surface area contributed by atoms with Crippen molar-refractivity contribution in [2.75, 3.05) is 0 Å². The highest BCUT2D eigenvalue weighted by molar-refractivity contribution is 5.87. The fraction of sp³-hybridized carbons (Fsp3) is 0. The molecule has 5 aromatic rings. The third-order valence-corrected chi connectivity index (χ3v) is 5.09. The van der Waals surface area contributed by atoms with E-state index in [0.717, 1.165) is 33.2 Å². The smallest absolute Gasteiger partial charge is 0.305 e. The summed E-state index contributed by atoms with van der Waals surface area (Å²) < 4.78 is 0. The van der Waals surface area contributed by atoms with Crippen molar-refractivity contribution in [3.63, 3.8) is 0 Å². The molecule has 0 saturated heterocycles. The van der Waals surface area contributed by atoms with Gasteiger partial charge in [-0.25, -0.2) is 4.79 Å². The molecule has 3 nitrogen and oxygen atoms in total. The number of fused-ring (bicyclic) bond motifs is 1. The summed E-state index contributed by atoms with van der Waals surface area (Å²) >= 11 is 0. The Hall–Kier alpha value is -3.98. The van der Waals surface area contributed by atoms with E-state index in [1.54, 1.807) is 0 Å². The van der Waals surface area contributed by atoms with Crippen LogP contribution >= 0.6 is 0 Å². The zero-order chi connectivity index (χ0) is 19.6. The SMILES string of the molecule is O=c1nc(-c2ccc3ccccc3c2)cc(-c2ccc(-c3ccccc3)cc2)[nH]1. The standard InChI is InChI=1S/C26H18N2O/c29-26-27-24(21-13-10-20(11-14-21)18-6-2-1-3-7-18)17-25(28-26)23-15-12-19-8-4-5-9-22(19)16-23/h1-17H,(H,27,28,29). The van der Waals surface area contributed by atoms with Gasteiger partial charge in [0.2, 0.25) is 0 Å². The Morgan fingerprint density at radius 1 is 0.552 bits per heavy atom. The molecule has 1 heterocycles. The van der Waals surface area contributed by atoms with E-state index in [1.807, 2.05) is 54.6 Å². The molecule has 29 heavy (non-hydrogen) atoms. The molecule has 0 saturated carbocycles. The molecule has 5 rings (SSSR count). The first-order valence-corrected chi connectivity index (χ1v) is 9.53. The van der Waals surface area contributed by atoms with Crippen LogP contribution in [0.25, 0.3) is 44.4 Å². The second kappa shape index (κ2) is 7.21. The van der Waals surface area contributed by atoms with Gasteiger partial charge in [0.15, 0.2) is 0 Å². The largest absolute Gasteiger partial charge is 0.345 e. The maximum absolute atomic E-state index is 12.2. The highest BCUT2D eigenvalue weighted by atomic mass is 16.1. The van der Waals surface area contributed by atoms with Crippen LogP contribution in [0, 0.1) is 0 Å². The highest BCUT2D eigenvalue weighted by Crippen LogP contribution is 2.27. The molecule has 0 aliphatic carbocycles. The lowest BCUT2D eigenvalue weighted by molar-refractivity contribution is 1.09. The number of hydrogen-bond acceptors (Lipinski definition) is 2. The first-order chi connectivity index (χ1) is 14.3. The molecule has 3 heteroatoms. The number of nitrogens with one attached hydrogen (secondary N) is 1. The number of rotatable bonds is 3. The van der Waals surface area contributed by atoms with Crippen molar-refractivity contribution in [1.29, 1.82) is 0 Å². The summed E-state index contributed by atoms with van der Waals surface area (Å²) in [5, 5.41) is 2.29. The Balaban J connectivity index is 1.54. The third-order valence-electron chi connectivity index (χ3n) is 5.09. The molecule has 0 amide bonds. The van der Waals surface area contributed by atoms with Crippen LogP contribution in [0.3, 0.4) is 0 Å². The summed E-state index contributed by atoms with van der Waals surface area (Å²) in [6.45, 7) is 0. The lowest BCUT2D eigenvalue weighted by Crippen LogP contribution is -2.11. The van der Waals surface area contributed by atoms with E-state index in [-0.39, 0.29) is 5.69 Å². The summed E-state index contributed by atoms with van der Waals surface area (Å²) in [4.78, 5) is 19.3. The quantitative estimate of drug-likeness (QED) is 0.426. The average Bonchev–Trinajstić information content (AvgIpc) is 2.79. The Bertz CT molecular complexity index is 1350. The zero-order valence-corrected chi connectivity index (χ0v) is 15.7. The first-order valence-electron chi connectivity index (χ1n) is 9.53.